The Kier molecular flexibility index (Phi) is 10.0. The second kappa shape index (κ2) is 13.4. The lowest BCUT2D eigenvalue weighted by Crippen LogP contribution is -2.74. The lowest BCUT2D eigenvalue weighted by molar-refractivity contribution is -0.576. The predicted molar refractivity (Wildman–Crippen MR) is 135 cm³/mol. The van der Waals surface area contributed by atoms with Crippen molar-refractivity contribution < 1.29 is 43.3 Å². The number of anilines is 1. The van der Waals surface area contributed by atoms with Crippen molar-refractivity contribution in [1.29, 1.82) is 0 Å². The monoisotopic (exact) mass is 597 g/mol. The van der Waals surface area contributed by atoms with Gasteiger partial charge in [-0.15, -0.1) is 22.9 Å². The Morgan fingerprint density at radius 3 is 2.60 bits per heavy atom. The summed E-state index contributed by atoms with van der Waals surface area (Å²) in [6, 6.07) is 4.31. The Labute approximate surface area is 233 Å². The number of ether oxygens (including phenoxy) is 1. The molecule has 1 aliphatic rings. The molecule has 1 saturated heterocycles. The molecule has 0 spiro atoms. The number of alkyl halides is 1. The number of hydrogen-bond donors (Lipinski definition) is 3. The van der Waals surface area contributed by atoms with Gasteiger partial charge in [0.1, 0.15) is 24.7 Å². The van der Waals surface area contributed by atoms with Crippen molar-refractivity contribution in [2.24, 2.45) is 10.9 Å². The SMILES string of the molecule is CON=C(C(=O)N[C@@H]1C(=O)N(OCC(=O)OC(c2ccccc2)[N+](=O)[O-])[C@@H]1C(N)=O)c1csc(NC(=O)CCl)n1. The Hall–Kier alpha value is -4.68. The highest BCUT2D eigenvalue weighted by Crippen LogP contribution is 2.23. The minimum atomic E-state index is -1.84. The summed E-state index contributed by atoms with van der Waals surface area (Å²) in [5.74, 6) is -5.15. The van der Waals surface area contributed by atoms with Crippen LogP contribution in [0.25, 0.3) is 0 Å². The van der Waals surface area contributed by atoms with Crippen LogP contribution in [-0.2, 0) is 38.4 Å². The number of amides is 4. The van der Waals surface area contributed by atoms with Gasteiger partial charge in [0, 0.05) is 5.38 Å². The number of primary amides is 1. The van der Waals surface area contributed by atoms with Gasteiger partial charge in [-0.25, -0.2) is 14.8 Å². The number of oxime groups is 1. The van der Waals surface area contributed by atoms with Crippen LogP contribution in [0.15, 0.2) is 40.9 Å². The summed E-state index contributed by atoms with van der Waals surface area (Å²) in [6.45, 7) is -0.987. The summed E-state index contributed by atoms with van der Waals surface area (Å²) in [7, 11) is 1.15. The standard InChI is InChI=1S/C21H20ClN7O10S/c1-37-27-14(11-9-40-21(24-11)25-12(30)7-22)18(33)26-15-16(17(23)32)28(19(15)34)38-8-13(31)39-20(29(35)36)10-5-3-2-4-6-10/h2-6,9,15-16,20H,7-8H2,1H3,(H2,23,32)(H,26,33)(H,24,25,30)/t15-,16-,20?/m0/s1. The average Bonchev–Trinajstić information content (AvgIpc) is 3.38. The summed E-state index contributed by atoms with van der Waals surface area (Å²) >= 11 is 6.39. The van der Waals surface area contributed by atoms with Gasteiger partial charge in [-0.2, -0.15) is 0 Å². The molecule has 3 atom stereocenters. The van der Waals surface area contributed by atoms with Crippen LogP contribution in [-0.4, -0.2) is 82.0 Å². The third-order valence-corrected chi connectivity index (χ3v) is 5.98. The van der Waals surface area contributed by atoms with Gasteiger partial charge in [-0.05, 0) is 12.1 Å². The molecule has 1 unspecified atom stereocenters. The van der Waals surface area contributed by atoms with Crippen LogP contribution in [0.2, 0.25) is 0 Å². The molecule has 1 fully saturated rings. The zero-order valence-electron chi connectivity index (χ0n) is 20.3. The molecule has 0 saturated carbocycles. The number of nitrogens with two attached hydrogens (primary N) is 1. The van der Waals surface area contributed by atoms with E-state index in [1.807, 2.05) is 0 Å². The normalized spacial score (nSPS) is 17.3. The van der Waals surface area contributed by atoms with Crippen LogP contribution in [0.4, 0.5) is 5.13 Å². The van der Waals surface area contributed by atoms with Crippen LogP contribution < -0.4 is 16.4 Å². The second-order valence-electron chi connectivity index (χ2n) is 7.62. The third-order valence-electron chi connectivity index (χ3n) is 4.98. The molecular formula is C21H20ClN7O10S. The summed E-state index contributed by atoms with van der Waals surface area (Å²) in [5.41, 5.74) is 4.98. The molecule has 1 aromatic carbocycles. The topological polar surface area (TPSA) is 235 Å². The molecule has 1 aliphatic heterocycles. The van der Waals surface area contributed by atoms with Gasteiger partial charge >= 0.3 is 12.2 Å². The highest BCUT2D eigenvalue weighted by molar-refractivity contribution is 7.14. The van der Waals surface area contributed by atoms with Crippen LogP contribution in [0.5, 0.6) is 0 Å². The average molecular weight is 598 g/mol. The van der Waals surface area contributed by atoms with Crippen LogP contribution in [0, 0.1) is 10.1 Å². The fourth-order valence-electron chi connectivity index (χ4n) is 3.26. The van der Waals surface area contributed by atoms with Crippen LogP contribution in [0.1, 0.15) is 17.5 Å². The Bertz CT molecular complexity index is 1340. The van der Waals surface area contributed by atoms with Gasteiger partial charge in [0.2, 0.25) is 11.8 Å². The molecule has 2 aromatic rings. The van der Waals surface area contributed by atoms with E-state index in [1.54, 1.807) is 6.07 Å². The molecule has 19 heteroatoms. The fourth-order valence-corrected chi connectivity index (χ4v) is 4.03. The predicted octanol–water partition coefficient (Wildman–Crippen LogP) is -0.698. The molecular weight excluding hydrogens is 578 g/mol. The van der Waals surface area contributed by atoms with E-state index in [4.69, 9.17) is 26.9 Å². The Morgan fingerprint density at radius 1 is 1.30 bits per heavy atom. The van der Waals surface area contributed by atoms with Crippen molar-refractivity contribution in [2.45, 2.75) is 18.3 Å². The number of β-lactam (4-membered cyclic amide) rings is 1. The van der Waals surface area contributed by atoms with Crippen LogP contribution in [0.3, 0.4) is 0 Å². The van der Waals surface area contributed by atoms with Gasteiger partial charge in [0.25, 0.3) is 11.8 Å². The van der Waals surface area contributed by atoms with Crippen molar-refractivity contribution in [3.8, 4) is 0 Å². The van der Waals surface area contributed by atoms with Gasteiger partial charge in [-0.3, -0.25) is 34.1 Å². The molecule has 0 aliphatic carbocycles. The first-order chi connectivity index (χ1) is 19.1. The molecule has 4 N–H and O–H groups in total. The number of hydrogen-bond acceptors (Lipinski definition) is 13. The quantitative estimate of drug-likeness (QED) is 0.0496. The zero-order valence-corrected chi connectivity index (χ0v) is 21.9. The first-order valence-electron chi connectivity index (χ1n) is 10.9. The lowest BCUT2D eigenvalue weighted by Gasteiger charge is -2.43. The van der Waals surface area contributed by atoms with Crippen molar-refractivity contribution in [3.05, 3.63) is 57.1 Å². The van der Waals surface area contributed by atoms with E-state index in [9.17, 15) is 34.1 Å². The van der Waals surface area contributed by atoms with Crippen molar-refractivity contribution in [2.75, 3.05) is 24.9 Å². The summed E-state index contributed by atoms with van der Waals surface area (Å²) in [4.78, 5) is 85.3. The third kappa shape index (κ3) is 7.04. The van der Waals surface area contributed by atoms with Crippen LogP contribution >= 0.6 is 22.9 Å². The number of thiazole rings is 1. The highest BCUT2D eigenvalue weighted by Gasteiger charge is 2.53. The maximum Gasteiger partial charge on any atom is 0.382 e. The van der Waals surface area contributed by atoms with Crippen molar-refractivity contribution in [3.63, 3.8) is 0 Å². The summed E-state index contributed by atoms with van der Waals surface area (Å²) in [5, 5.41) is 21.5. The van der Waals surface area contributed by atoms with E-state index in [0.717, 1.165) is 18.4 Å². The number of halogens is 1. The number of nitrogens with zero attached hydrogens (tertiary/aromatic N) is 4. The number of esters is 1. The molecule has 4 amide bonds. The number of nitrogens with one attached hydrogen (secondary N) is 2. The van der Waals surface area contributed by atoms with Gasteiger partial charge < -0.3 is 25.9 Å². The molecule has 1 aromatic heterocycles. The first kappa shape index (κ1) is 29.9. The molecule has 212 valence electrons. The van der Waals surface area contributed by atoms with E-state index in [1.165, 1.54) is 29.6 Å². The number of rotatable bonds is 13. The van der Waals surface area contributed by atoms with Gasteiger partial charge in [0.05, 0.1) is 10.5 Å². The first-order valence-corrected chi connectivity index (χ1v) is 12.4. The maximum absolute atomic E-state index is 12.9. The molecule has 17 nitrogen and oxygen atoms in total. The number of carbonyl (C=O) groups excluding carboxylic acids is 5. The van der Waals surface area contributed by atoms with E-state index in [2.05, 4.69) is 25.6 Å². The fraction of sp³-hybridized carbons (Fsp3) is 0.286. The van der Waals surface area contributed by atoms with Gasteiger partial charge in [0.15, 0.2) is 23.5 Å². The largest absolute Gasteiger partial charge is 0.398 e. The molecule has 0 radical (unpaired) electrons. The Morgan fingerprint density at radius 2 is 2.00 bits per heavy atom. The van der Waals surface area contributed by atoms with Gasteiger partial charge in [-0.1, -0.05) is 23.4 Å². The van der Waals surface area contributed by atoms with Crippen molar-refractivity contribution in [1.82, 2.24) is 15.4 Å². The highest BCUT2D eigenvalue weighted by atomic mass is 35.5. The van der Waals surface area contributed by atoms with E-state index < -0.39 is 65.2 Å². The number of hydroxylamine groups is 2. The molecule has 0 bridgehead atoms. The zero-order chi connectivity index (χ0) is 29.4. The van der Waals surface area contributed by atoms with Crippen molar-refractivity contribution >= 4 is 63.4 Å². The Balaban J connectivity index is 1.64. The smallest absolute Gasteiger partial charge is 0.382 e. The lowest BCUT2D eigenvalue weighted by atomic mass is 9.97. The van der Waals surface area contributed by atoms with E-state index in [0.29, 0.717) is 5.06 Å². The maximum atomic E-state index is 12.9. The van der Waals surface area contributed by atoms with E-state index in [-0.39, 0.29) is 22.3 Å². The summed E-state index contributed by atoms with van der Waals surface area (Å²) < 4.78 is 4.82. The number of benzene rings is 1. The second-order valence-corrected chi connectivity index (χ2v) is 8.74. The number of nitro groups is 1. The molecule has 40 heavy (non-hydrogen) atoms. The summed E-state index contributed by atoms with van der Waals surface area (Å²) in [6.07, 6.45) is -1.84. The minimum absolute atomic E-state index is 0.0359. The minimum Gasteiger partial charge on any atom is -0.398 e. The molecule has 2 heterocycles. The van der Waals surface area contributed by atoms with E-state index >= 15 is 0 Å². The number of carbonyl (C=O) groups is 5. The number of aromatic nitrogens is 1. The molecule has 3 rings (SSSR count).